The van der Waals surface area contributed by atoms with Crippen molar-refractivity contribution in [2.24, 2.45) is 5.41 Å². The van der Waals surface area contributed by atoms with Crippen molar-refractivity contribution in [3.63, 3.8) is 0 Å². The standard InChI is InChI=1S/C20H41N3OS/c1-5-8-10-11-18-20(7-3,12-13-22-18)19(21)24-17(16-25)15-23(4)14-9-6-2/h17-18,21-22,25H,5-16H2,1-4H3. The van der Waals surface area contributed by atoms with Crippen molar-refractivity contribution in [3.05, 3.63) is 0 Å². The molecule has 2 N–H and O–H groups in total. The van der Waals surface area contributed by atoms with Gasteiger partial charge in [-0.2, -0.15) is 12.6 Å². The van der Waals surface area contributed by atoms with Crippen molar-refractivity contribution >= 4 is 18.5 Å². The van der Waals surface area contributed by atoms with E-state index in [4.69, 9.17) is 10.1 Å². The number of hydrogen-bond acceptors (Lipinski definition) is 5. The Morgan fingerprint density at radius 1 is 1.28 bits per heavy atom. The number of hydrogen-bond donors (Lipinski definition) is 3. The summed E-state index contributed by atoms with van der Waals surface area (Å²) < 4.78 is 6.19. The van der Waals surface area contributed by atoms with Gasteiger partial charge in [0.15, 0.2) is 5.90 Å². The van der Waals surface area contributed by atoms with E-state index in [0.717, 1.165) is 38.9 Å². The number of ether oxygens (including phenoxy) is 1. The molecular formula is C20H41N3OS. The fraction of sp³-hybridized carbons (Fsp3) is 0.950. The zero-order chi connectivity index (χ0) is 18.7. The second-order valence-corrected chi connectivity index (χ2v) is 7.99. The minimum Gasteiger partial charge on any atom is -0.475 e. The van der Waals surface area contributed by atoms with Crippen LogP contribution in [0.15, 0.2) is 0 Å². The summed E-state index contributed by atoms with van der Waals surface area (Å²) in [5.41, 5.74) is -0.128. The van der Waals surface area contributed by atoms with Gasteiger partial charge in [0.2, 0.25) is 0 Å². The van der Waals surface area contributed by atoms with Gasteiger partial charge in [-0.3, -0.25) is 5.41 Å². The van der Waals surface area contributed by atoms with Gasteiger partial charge in [0.1, 0.15) is 6.10 Å². The lowest BCUT2D eigenvalue weighted by Crippen LogP contribution is -2.46. The first-order valence-corrected chi connectivity index (χ1v) is 11.0. The van der Waals surface area contributed by atoms with E-state index in [-0.39, 0.29) is 11.5 Å². The van der Waals surface area contributed by atoms with E-state index in [9.17, 15) is 0 Å². The van der Waals surface area contributed by atoms with Gasteiger partial charge < -0.3 is 15.0 Å². The van der Waals surface area contributed by atoms with Crippen LogP contribution in [0.3, 0.4) is 0 Å². The van der Waals surface area contributed by atoms with Crippen LogP contribution < -0.4 is 5.32 Å². The second kappa shape index (κ2) is 12.2. The SMILES string of the molecule is CCCCCC1NCCC1(CC)C(=N)OC(CS)CN(C)CCCC. The summed E-state index contributed by atoms with van der Waals surface area (Å²) in [6.45, 7) is 9.59. The topological polar surface area (TPSA) is 48.4 Å². The van der Waals surface area contributed by atoms with Gasteiger partial charge in [-0.05, 0) is 45.8 Å². The molecule has 0 aliphatic carbocycles. The van der Waals surface area contributed by atoms with Crippen molar-refractivity contribution in [3.8, 4) is 0 Å². The molecule has 0 saturated carbocycles. The van der Waals surface area contributed by atoms with Crippen molar-refractivity contribution in [2.75, 3.05) is 32.4 Å². The number of thiol groups is 1. The molecule has 1 fully saturated rings. The lowest BCUT2D eigenvalue weighted by Gasteiger charge is -2.36. The molecule has 0 aromatic rings. The van der Waals surface area contributed by atoms with Crippen molar-refractivity contribution < 1.29 is 4.74 Å². The number of unbranched alkanes of at least 4 members (excludes halogenated alkanes) is 3. The summed E-state index contributed by atoms with van der Waals surface area (Å²) in [4.78, 5) is 2.31. The second-order valence-electron chi connectivity index (χ2n) is 7.63. The lowest BCUT2D eigenvalue weighted by atomic mass is 9.75. The maximum Gasteiger partial charge on any atom is 0.188 e. The van der Waals surface area contributed by atoms with Crippen molar-refractivity contribution in [2.45, 2.75) is 84.3 Å². The molecule has 3 unspecified atom stereocenters. The van der Waals surface area contributed by atoms with Crippen LogP contribution in [-0.2, 0) is 4.74 Å². The third kappa shape index (κ3) is 6.76. The van der Waals surface area contributed by atoms with Crippen LogP contribution in [0.4, 0.5) is 0 Å². The summed E-state index contributed by atoms with van der Waals surface area (Å²) in [5.74, 6) is 1.15. The molecule has 0 bridgehead atoms. The Balaban J connectivity index is 2.65. The van der Waals surface area contributed by atoms with Gasteiger partial charge in [0, 0.05) is 18.3 Å². The van der Waals surface area contributed by atoms with Crippen LogP contribution >= 0.6 is 12.6 Å². The highest BCUT2D eigenvalue weighted by molar-refractivity contribution is 7.80. The summed E-state index contributed by atoms with van der Waals surface area (Å²) in [6, 6.07) is 0.384. The van der Waals surface area contributed by atoms with Crippen LogP contribution in [0, 0.1) is 10.8 Å². The fourth-order valence-electron chi connectivity index (χ4n) is 3.95. The van der Waals surface area contributed by atoms with E-state index in [2.05, 4.69) is 50.7 Å². The third-order valence-corrected chi connectivity index (χ3v) is 6.11. The predicted molar refractivity (Wildman–Crippen MR) is 112 cm³/mol. The molecule has 1 aliphatic heterocycles. The Kier molecular flexibility index (Phi) is 11.1. The molecule has 148 valence electrons. The van der Waals surface area contributed by atoms with Gasteiger partial charge in [-0.15, -0.1) is 0 Å². The van der Waals surface area contributed by atoms with Crippen LogP contribution in [0.5, 0.6) is 0 Å². The van der Waals surface area contributed by atoms with Crippen LogP contribution in [0.2, 0.25) is 0 Å². The Labute approximate surface area is 161 Å². The zero-order valence-electron chi connectivity index (χ0n) is 16.9. The van der Waals surface area contributed by atoms with Crippen LogP contribution in [0.1, 0.15) is 72.1 Å². The number of nitrogens with zero attached hydrogens (tertiary/aromatic N) is 1. The van der Waals surface area contributed by atoms with E-state index in [0.29, 0.717) is 17.7 Å². The average Bonchev–Trinajstić information content (AvgIpc) is 3.03. The van der Waals surface area contributed by atoms with Crippen molar-refractivity contribution in [1.82, 2.24) is 10.2 Å². The molecule has 5 heteroatoms. The van der Waals surface area contributed by atoms with E-state index in [1.54, 1.807) is 0 Å². The van der Waals surface area contributed by atoms with E-state index < -0.39 is 0 Å². The van der Waals surface area contributed by atoms with Gasteiger partial charge in [-0.1, -0.05) is 46.5 Å². The average molecular weight is 372 g/mol. The monoisotopic (exact) mass is 371 g/mol. The highest BCUT2D eigenvalue weighted by Gasteiger charge is 2.46. The highest BCUT2D eigenvalue weighted by atomic mass is 32.1. The molecule has 25 heavy (non-hydrogen) atoms. The largest absolute Gasteiger partial charge is 0.475 e. The Morgan fingerprint density at radius 3 is 2.60 bits per heavy atom. The van der Waals surface area contributed by atoms with E-state index in [1.807, 2.05) is 0 Å². The Bertz CT molecular complexity index is 380. The maximum atomic E-state index is 8.75. The molecule has 1 saturated heterocycles. The van der Waals surface area contributed by atoms with Gasteiger partial charge in [0.25, 0.3) is 0 Å². The molecule has 0 spiro atoms. The summed E-state index contributed by atoms with van der Waals surface area (Å²) >= 11 is 4.48. The molecule has 1 aliphatic rings. The first-order valence-electron chi connectivity index (χ1n) is 10.3. The summed E-state index contributed by atoms with van der Waals surface area (Å²) in [6.07, 6.45) is 9.29. The molecule has 3 atom stereocenters. The first-order chi connectivity index (χ1) is 12.0. The minimum atomic E-state index is -0.128. The van der Waals surface area contributed by atoms with E-state index in [1.165, 1.54) is 32.1 Å². The molecular weight excluding hydrogens is 330 g/mol. The molecule has 0 aromatic carbocycles. The number of likely N-dealkylation sites (N-methyl/N-ethyl adjacent to an activating group) is 1. The predicted octanol–water partition coefficient (Wildman–Crippen LogP) is 4.35. The minimum absolute atomic E-state index is 0.00185. The Morgan fingerprint density at radius 2 is 2.00 bits per heavy atom. The molecule has 4 nitrogen and oxygen atoms in total. The maximum absolute atomic E-state index is 8.75. The van der Waals surface area contributed by atoms with Gasteiger partial charge >= 0.3 is 0 Å². The lowest BCUT2D eigenvalue weighted by molar-refractivity contribution is 0.123. The summed E-state index contributed by atoms with van der Waals surface area (Å²) in [7, 11) is 2.14. The highest BCUT2D eigenvalue weighted by Crippen LogP contribution is 2.39. The normalized spacial score (nSPS) is 24.6. The van der Waals surface area contributed by atoms with Gasteiger partial charge in [-0.25, -0.2) is 0 Å². The quantitative estimate of drug-likeness (QED) is 0.195. The molecule has 1 rings (SSSR count). The van der Waals surface area contributed by atoms with Gasteiger partial charge in [0.05, 0.1) is 5.41 Å². The Hall–Kier alpha value is -0.260. The van der Waals surface area contributed by atoms with Crippen LogP contribution in [0.25, 0.3) is 0 Å². The molecule has 0 aromatic heterocycles. The molecule has 0 radical (unpaired) electrons. The first kappa shape index (κ1) is 22.8. The third-order valence-electron chi connectivity index (χ3n) is 5.71. The zero-order valence-corrected chi connectivity index (χ0v) is 17.8. The van der Waals surface area contributed by atoms with Crippen molar-refractivity contribution in [1.29, 1.82) is 5.41 Å². The number of rotatable bonds is 13. The smallest absolute Gasteiger partial charge is 0.188 e. The van der Waals surface area contributed by atoms with Crippen LogP contribution in [-0.4, -0.2) is 55.4 Å². The summed E-state index contributed by atoms with van der Waals surface area (Å²) in [5, 5.41) is 12.4. The molecule has 0 amide bonds. The molecule has 1 heterocycles. The van der Waals surface area contributed by atoms with E-state index >= 15 is 0 Å². The fourth-order valence-corrected chi connectivity index (χ4v) is 4.14. The number of nitrogens with one attached hydrogen (secondary N) is 2.